The fourth-order valence-electron chi connectivity index (χ4n) is 1.91. The van der Waals surface area contributed by atoms with Gasteiger partial charge in [-0.3, -0.25) is 0 Å². The topological polar surface area (TPSA) is 63.1 Å². The van der Waals surface area contributed by atoms with Crippen molar-refractivity contribution < 1.29 is 14.6 Å². The maximum atomic E-state index is 8.70. The lowest BCUT2D eigenvalue weighted by Crippen LogP contribution is -2.11. The van der Waals surface area contributed by atoms with Gasteiger partial charge in [0, 0.05) is 0 Å². The summed E-state index contributed by atoms with van der Waals surface area (Å²) in [5.74, 6) is 1.21. The van der Waals surface area contributed by atoms with Crippen molar-refractivity contribution in [3.8, 4) is 11.5 Å². The van der Waals surface area contributed by atoms with Crippen LogP contribution in [0, 0.1) is 0 Å². The van der Waals surface area contributed by atoms with Crippen molar-refractivity contribution in [1.29, 1.82) is 0 Å². The van der Waals surface area contributed by atoms with E-state index in [1.807, 2.05) is 18.2 Å². The molecule has 0 saturated heterocycles. The van der Waals surface area contributed by atoms with E-state index in [1.165, 1.54) is 0 Å². The van der Waals surface area contributed by atoms with Crippen molar-refractivity contribution in [2.45, 2.75) is 6.61 Å². The van der Waals surface area contributed by atoms with Crippen LogP contribution in [-0.4, -0.2) is 31.6 Å². The van der Waals surface area contributed by atoms with E-state index in [-0.39, 0.29) is 6.61 Å². The molecule has 0 aliphatic rings. The highest BCUT2D eigenvalue weighted by Gasteiger charge is 2.07. The number of aliphatic hydroxyl groups is 1. The predicted octanol–water partition coefficient (Wildman–Crippen LogP) is 3.50. The number of methoxy groups -OCH3 is 1. The average molecular weight is 369 g/mol. The van der Waals surface area contributed by atoms with Crippen molar-refractivity contribution in [2.24, 2.45) is 5.10 Å². The summed E-state index contributed by atoms with van der Waals surface area (Å²) in [5.41, 5.74) is 4.46. The standard InChI is InChI=1S/C17H18Cl2N2O3/c1-23-16-5-3-12(10-21-20-6-7-22)9-17(16)24-11-13-2-4-14(18)15(19)8-13/h2-5,8-10,20,22H,6-7,11H2,1H3. The molecular weight excluding hydrogens is 351 g/mol. The fourth-order valence-corrected chi connectivity index (χ4v) is 2.23. The van der Waals surface area contributed by atoms with Crippen molar-refractivity contribution >= 4 is 29.4 Å². The lowest BCUT2D eigenvalue weighted by Gasteiger charge is -2.12. The smallest absolute Gasteiger partial charge is 0.162 e. The second-order valence-corrected chi connectivity index (χ2v) is 5.65. The quantitative estimate of drug-likeness (QED) is 0.425. The van der Waals surface area contributed by atoms with Gasteiger partial charge in [-0.1, -0.05) is 29.3 Å². The number of aliphatic hydroxyl groups excluding tert-OH is 1. The summed E-state index contributed by atoms with van der Waals surface area (Å²) in [7, 11) is 1.58. The maximum Gasteiger partial charge on any atom is 0.162 e. The Labute approximate surface area is 150 Å². The molecule has 0 aliphatic heterocycles. The van der Waals surface area contributed by atoms with Gasteiger partial charge < -0.3 is 20.0 Å². The van der Waals surface area contributed by atoms with Crippen LogP contribution in [0.3, 0.4) is 0 Å². The van der Waals surface area contributed by atoms with Gasteiger partial charge in [0.2, 0.25) is 0 Å². The van der Waals surface area contributed by atoms with Gasteiger partial charge >= 0.3 is 0 Å². The molecule has 2 N–H and O–H groups in total. The van der Waals surface area contributed by atoms with Crippen LogP contribution in [0.15, 0.2) is 41.5 Å². The zero-order chi connectivity index (χ0) is 17.4. The van der Waals surface area contributed by atoms with Gasteiger partial charge in [-0.05, 0) is 41.5 Å². The largest absolute Gasteiger partial charge is 0.493 e. The molecule has 0 unspecified atom stereocenters. The van der Waals surface area contributed by atoms with E-state index in [9.17, 15) is 0 Å². The van der Waals surface area contributed by atoms with Crippen LogP contribution in [0.25, 0.3) is 0 Å². The fraction of sp³-hybridized carbons (Fsp3) is 0.235. The molecule has 2 aromatic rings. The number of hydrazone groups is 1. The Morgan fingerprint density at radius 1 is 1.12 bits per heavy atom. The van der Waals surface area contributed by atoms with Crippen LogP contribution in [0.5, 0.6) is 11.5 Å². The number of ether oxygens (including phenoxy) is 2. The van der Waals surface area contributed by atoms with Crippen molar-refractivity contribution in [3.05, 3.63) is 57.6 Å². The normalized spacial score (nSPS) is 10.8. The van der Waals surface area contributed by atoms with Gasteiger partial charge in [0.05, 0.1) is 36.5 Å². The summed E-state index contributed by atoms with van der Waals surface area (Å²) in [6, 6.07) is 10.8. The molecule has 2 aromatic carbocycles. The van der Waals surface area contributed by atoms with Gasteiger partial charge in [-0.2, -0.15) is 5.10 Å². The minimum Gasteiger partial charge on any atom is -0.493 e. The summed E-state index contributed by atoms with van der Waals surface area (Å²) in [4.78, 5) is 0. The minimum atomic E-state index is 0.0258. The van der Waals surface area contributed by atoms with Crippen molar-refractivity contribution in [2.75, 3.05) is 20.3 Å². The highest BCUT2D eigenvalue weighted by Crippen LogP contribution is 2.29. The van der Waals surface area contributed by atoms with Crippen LogP contribution < -0.4 is 14.9 Å². The lowest BCUT2D eigenvalue weighted by atomic mass is 10.2. The summed E-state index contributed by atoms with van der Waals surface area (Å²) in [5, 5.41) is 13.7. The van der Waals surface area contributed by atoms with Crippen LogP contribution >= 0.6 is 23.2 Å². The van der Waals surface area contributed by atoms with E-state index in [2.05, 4.69) is 10.5 Å². The Morgan fingerprint density at radius 3 is 2.67 bits per heavy atom. The van der Waals surface area contributed by atoms with Gasteiger partial charge in [-0.15, -0.1) is 0 Å². The molecular formula is C17H18Cl2N2O3. The molecule has 0 atom stereocenters. The molecule has 0 radical (unpaired) electrons. The molecule has 0 spiro atoms. The Balaban J connectivity index is 2.09. The summed E-state index contributed by atoms with van der Waals surface area (Å²) >= 11 is 11.9. The second kappa shape index (κ2) is 9.37. The van der Waals surface area contributed by atoms with Crippen LogP contribution in [0.4, 0.5) is 0 Å². The molecule has 0 saturated carbocycles. The molecule has 0 aliphatic carbocycles. The monoisotopic (exact) mass is 368 g/mol. The van der Waals surface area contributed by atoms with Crippen LogP contribution in [0.2, 0.25) is 10.0 Å². The highest BCUT2D eigenvalue weighted by atomic mass is 35.5. The molecule has 24 heavy (non-hydrogen) atoms. The summed E-state index contributed by atoms with van der Waals surface area (Å²) in [6.07, 6.45) is 1.64. The number of nitrogens with zero attached hydrogens (tertiary/aromatic N) is 1. The first-order valence-electron chi connectivity index (χ1n) is 7.25. The Morgan fingerprint density at radius 2 is 1.96 bits per heavy atom. The SMILES string of the molecule is COc1ccc(C=NNCCO)cc1OCc1ccc(Cl)c(Cl)c1. The number of hydrogen-bond acceptors (Lipinski definition) is 5. The molecule has 128 valence electrons. The van der Waals surface area contributed by atoms with Gasteiger partial charge in [0.15, 0.2) is 11.5 Å². The highest BCUT2D eigenvalue weighted by molar-refractivity contribution is 6.42. The first kappa shape index (κ1) is 18.4. The average Bonchev–Trinajstić information content (AvgIpc) is 2.60. The second-order valence-electron chi connectivity index (χ2n) is 4.84. The number of benzene rings is 2. The third-order valence-corrected chi connectivity index (χ3v) is 3.83. The van der Waals surface area contributed by atoms with Crippen LogP contribution in [0.1, 0.15) is 11.1 Å². The van der Waals surface area contributed by atoms with E-state index in [0.717, 1.165) is 11.1 Å². The van der Waals surface area contributed by atoms with E-state index < -0.39 is 0 Å². The third-order valence-electron chi connectivity index (χ3n) is 3.09. The zero-order valence-electron chi connectivity index (χ0n) is 13.1. The minimum absolute atomic E-state index is 0.0258. The van der Waals surface area contributed by atoms with Gasteiger partial charge in [-0.25, -0.2) is 0 Å². The first-order valence-corrected chi connectivity index (χ1v) is 8.01. The Bertz CT molecular complexity index is 708. The molecule has 0 fully saturated rings. The van der Waals surface area contributed by atoms with Crippen LogP contribution in [-0.2, 0) is 6.61 Å². The van der Waals surface area contributed by atoms with Crippen molar-refractivity contribution in [3.63, 3.8) is 0 Å². The Hall–Kier alpha value is -1.95. The summed E-state index contributed by atoms with van der Waals surface area (Å²) in [6.45, 7) is 0.752. The Kier molecular flexibility index (Phi) is 7.18. The molecule has 2 rings (SSSR count). The molecule has 5 nitrogen and oxygen atoms in total. The summed E-state index contributed by atoms with van der Waals surface area (Å²) < 4.78 is 11.1. The van der Waals surface area contributed by atoms with E-state index in [4.69, 9.17) is 37.8 Å². The predicted molar refractivity (Wildman–Crippen MR) is 96.5 cm³/mol. The van der Waals surface area contributed by atoms with E-state index >= 15 is 0 Å². The van der Waals surface area contributed by atoms with E-state index in [0.29, 0.717) is 34.7 Å². The molecule has 0 heterocycles. The first-order chi connectivity index (χ1) is 11.6. The van der Waals surface area contributed by atoms with Gasteiger partial charge in [0.25, 0.3) is 0 Å². The van der Waals surface area contributed by atoms with Gasteiger partial charge in [0.1, 0.15) is 6.61 Å². The molecule has 0 bridgehead atoms. The number of rotatable bonds is 8. The number of hydrogen-bond donors (Lipinski definition) is 2. The molecule has 0 amide bonds. The van der Waals surface area contributed by atoms with E-state index in [1.54, 1.807) is 31.5 Å². The third kappa shape index (κ3) is 5.30. The molecule has 7 heteroatoms. The maximum absolute atomic E-state index is 8.70. The molecule has 0 aromatic heterocycles. The van der Waals surface area contributed by atoms with Crippen molar-refractivity contribution in [1.82, 2.24) is 5.43 Å². The zero-order valence-corrected chi connectivity index (χ0v) is 14.6. The number of nitrogens with one attached hydrogen (secondary N) is 1. The number of halogens is 2. The lowest BCUT2D eigenvalue weighted by molar-refractivity contribution is 0.284.